The van der Waals surface area contributed by atoms with Crippen LogP contribution in [0.5, 0.6) is 0 Å². The summed E-state index contributed by atoms with van der Waals surface area (Å²) >= 11 is 0. The third kappa shape index (κ3) is 51.4. The zero-order chi connectivity index (χ0) is 47.0. The zero-order valence-electron chi connectivity index (χ0n) is 42.2. The first-order valence-corrected chi connectivity index (χ1v) is 26.9. The lowest BCUT2D eigenvalue weighted by atomic mass is 10.0. The maximum atomic E-state index is 12.4. The number of carbonyl (C=O) groups is 1. The smallest absolute Gasteiger partial charge is 0.220 e. The van der Waals surface area contributed by atoms with E-state index in [0.717, 1.165) is 109 Å². The minimum atomic E-state index is -0.676. The van der Waals surface area contributed by atoms with E-state index in [1.807, 2.05) is 0 Å². The van der Waals surface area contributed by atoms with Gasteiger partial charge in [-0.05, 0) is 96.3 Å². The molecule has 4 heteroatoms. The summed E-state index contributed by atoms with van der Waals surface area (Å²) in [4.78, 5) is 12.4. The SMILES string of the molecule is CC/C=C\C/C=C\C/C=C\C/C=C\C/C=C\C/C=C\C/C=C\C/C=C\C/C=C\C/C=C\C/C=C\CCCCCCCC(=O)NC(CO)C(O)CCCCCCCCCCCCCCCC. The van der Waals surface area contributed by atoms with Crippen molar-refractivity contribution in [3.05, 3.63) is 134 Å². The Labute approximate surface area is 402 Å². The van der Waals surface area contributed by atoms with Crippen LogP contribution in [0.25, 0.3) is 0 Å². The molecule has 0 aliphatic rings. The lowest BCUT2D eigenvalue weighted by Crippen LogP contribution is -2.45. The summed E-state index contributed by atoms with van der Waals surface area (Å²) in [5, 5.41) is 23.2. The van der Waals surface area contributed by atoms with Crippen LogP contribution >= 0.6 is 0 Å². The molecular weight excluding hydrogens is 795 g/mol. The van der Waals surface area contributed by atoms with Crippen LogP contribution in [0.15, 0.2) is 134 Å². The van der Waals surface area contributed by atoms with E-state index >= 15 is 0 Å². The summed E-state index contributed by atoms with van der Waals surface area (Å²) < 4.78 is 0. The number of carbonyl (C=O) groups excluding carboxylic acids is 1. The fourth-order valence-corrected chi connectivity index (χ4v) is 7.36. The number of aliphatic hydroxyl groups is 2. The quantitative estimate of drug-likeness (QED) is 0.0421. The fourth-order valence-electron chi connectivity index (χ4n) is 7.36. The Hall–Kier alpha value is -3.47. The van der Waals surface area contributed by atoms with Crippen LogP contribution in [0.2, 0.25) is 0 Å². The van der Waals surface area contributed by atoms with Crippen molar-refractivity contribution >= 4 is 5.91 Å². The molecule has 0 bridgehead atoms. The van der Waals surface area contributed by atoms with Crippen LogP contribution in [0.1, 0.15) is 226 Å². The molecule has 0 aromatic carbocycles. The van der Waals surface area contributed by atoms with Crippen molar-refractivity contribution in [1.29, 1.82) is 0 Å². The molecule has 4 nitrogen and oxygen atoms in total. The molecule has 2 atom stereocenters. The van der Waals surface area contributed by atoms with E-state index in [9.17, 15) is 15.0 Å². The Morgan fingerprint density at radius 3 is 1.02 bits per heavy atom. The number of hydrogen-bond donors (Lipinski definition) is 3. The minimum Gasteiger partial charge on any atom is -0.394 e. The van der Waals surface area contributed by atoms with Gasteiger partial charge in [-0.1, -0.05) is 257 Å². The van der Waals surface area contributed by atoms with Gasteiger partial charge in [0.2, 0.25) is 5.91 Å². The normalized spacial score (nSPS) is 14.0. The van der Waals surface area contributed by atoms with Gasteiger partial charge in [0, 0.05) is 6.42 Å². The Morgan fingerprint density at radius 1 is 0.385 bits per heavy atom. The molecule has 0 spiro atoms. The number of hydrogen-bond acceptors (Lipinski definition) is 3. The average molecular weight is 896 g/mol. The monoisotopic (exact) mass is 896 g/mol. The van der Waals surface area contributed by atoms with Crippen molar-refractivity contribution in [3.63, 3.8) is 0 Å². The van der Waals surface area contributed by atoms with E-state index in [1.54, 1.807) is 0 Å². The number of nitrogens with one attached hydrogen (secondary N) is 1. The minimum absolute atomic E-state index is 0.0558. The second kappa shape index (κ2) is 54.9. The van der Waals surface area contributed by atoms with Crippen molar-refractivity contribution in [2.45, 2.75) is 238 Å². The first-order chi connectivity index (χ1) is 32.2. The number of rotatable bonds is 47. The highest BCUT2D eigenvalue weighted by atomic mass is 16.3. The number of aliphatic hydroxyl groups excluding tert-OH is 2. The molecule has 65 heavy (non-hydrogen) atoms. The van der Waals surface area contributed by atoms with Crippen LogP contribution in [-0.2, 0) is 4.79 Å². The second-order valence-electron chi connectivity index (χ2n) is 17.6. The fraction of sp³-hybridized carbons (Fsp3) is 0.623. The Bertz CT molecular complexity index is 1340. The van der Waals surface area contributed by atoms with Crippen molar-refractivity contribution < 1.29 is 15.0 Å². The summed E-state index contributed by atoms with van der Waals surface area (Å²) in [6.45, 7) is 4.23. The standard InChI is InChI=1S/C61H101NO3/c1-3-5-7-9-11-13-15-17-19-20-21-22-23-24-25-26-27-28-29-30-31-32-33-34-35-36-37-38-39-40-41-42-43-45-47-49-51-53-55-57-61(65)62-59(58-63)60(64)56-54-52-50-48-46-44-18-16-14-12-10-8-6-4-2/h5,7,11,13,17,19,21-22,24-25,27-28,30-31,33-34,36-37,39-40,42-43,59-60,63-64H,3-4,6,8-10,12,14-16,18,20,23,26,29,32,35,38,41,44-58H2,1-2H3,(H,62,65)/b7-5-,13-11-,19-17-,22-21-,25-24-,28-27-,31-30-,34-33-,37-36-,40-39-,43-42-. The predicted octanol–water partition coefficient (Wildman–Crippen LogP) is 17.9. The van der Waals surface area contributed by atoms with Crippen molar-refractivity contribution in [2.75, 3.05) is 6.61 Å². The lowest BCUT2D eigenvalue weighted by molar-refractivity contribution is -0.123. The molecule has 368 valence electrons. The van der Waals surface area contributed by atoms with Gasteiger partial charge in [-0.2, -0.15) is 0 Å². The van der Waals surface area contributed by atoms with Crippen LogP contribution in [0, 0.1) is 0 Å². The molecule has 0 heterocycles. The van der Waals surface area contributed by atoms with Crippen LogP contribution in [0.4, 0.5) is 0 Å². The third-order valence-electron chi connectivity index (χ3n) is 11.4. The highest BCUT2D eigenvalue weighted by Gasteiger charge is 2.20. The van der Waals surface area contributed by atoms with Gasteiger partial charge in [0.25, 0.3) is 0 Å². The molecule has 1 amide bonds. The lowest BCUT2D eigenvalue weighted by Gasteiger charge is -2.22. The number of allylic oxidation sites excluding steroid dienone is 22. The highest BCUT2D eigenvalue weighted by molar-refractivity contribution is 5.76. The molecule has 2 unspecified atom stereocenters. The Morgan fingerprint density at radius 2 is 0.677 bits per heavy atom. The summed E-state index contributed by atoms with van der Waals surface area (Å²) in [6, 6.07) is -0.556. The Balaban J connectivity index is 3.67. The van der Waals surface area contributed by atoms with E-state index in [0.29, 0.717) is 12.8 Å². The molecule has 0 fully saturated rings. The van der Waals surface area contributed by atoms with E-state index in [-0.39, 0.29) is 12.5 Å². The molecule has 0 saturated heterocycles. The van der Waals surface area contributed by atoms with Gasteiger partial charge in [0.1, 0.15) is 0 Å². The largest absolute Gasteiger partial charge is 0.394 e. The van der Waals surface area contributed by atoms with E-state index in [2.05, 4.69) is 153 Å². The molecule has 0 rings (SSSR count). The summed E-state index contributed by atoms with van der Waals surface area (Å²) in [6.07, 6.45) is 85.6. The molecule has 0 aliphatic heterocycles. The van der Waals surface area contributed by atoms with Crippen molar-refractivity contribution in [3.8, 4) is 0 Å². The van der Waals surface area contributed by atoms with Crippen LogP contribution in [-0.4, -0.2) is 34.9 Å². The molecule has 3 N–H and O–H groups in total. The molecule has 0 aliphatic carbocycles. The van der Waals surface area contributed by atoms with Crippen molar-refractivity contribution in [2.24, 2.45) is 0 Å². The van der Waals surface area contributed by atoms with Gasteiger partial charge in [-0.15, -0.1) is 0 Å². The first kappa shape index (κ1) is 61.5. The number of unbranched alkanes of at least 4 members (excludes halogenated alkanes) is 18. The van der Waals surface area contributed by atoms with Gasteiger partial charge < -0.3 is 15.5 Å². The first-order valence-electron chi connectivity index (χ1n) is 26.9. The predicted molar refractivity (Wildman–Crippen MR) is 289 cm³/mol. The average Bonchev–Trinajstić information content (AvgIpc) is 3.31. The summed E-state index contributed by atoms with van der Waals surface area (Å²) in [5.74, 6) is -0.0558. The van der Waals surface area contributed by atoms with E-state index < -0.39 is 12.1 Å². The number of amides is 1. The van der Waals surface area contributed by atoms with E-state index in [4.69, 9.17) is 0 Å². The Kier molecular flexibility index (Phi) is 51.9. The van der Waals surface area contributed by atoms with Crippen LogP contribution in [0.3, 0.4) is 0 Å². The zero-order valence-corrected chi connectivity index (χ0v) is 42.2. The molecule has 0 aromatic heterocycles. The maximum absolute atomic E-state index is 12.4. The van der Waals surface area contributed by atoms with Crippen molar-refractivity contribution in [1.82, 2.24) is 5.32 Å². The third-order valence-corrected chi connectivity index (χ3v) is 11.4. The van der Waals surface area contributed by atoms with Crippen LogP contribution < -0.4 is 5.32 Å². The highest BCUT2D eigenvalue weighted by Crippen LogP contribution is 2.15. The van der Waals surface area contributed by atoms with Gasteiger partial charge >= 0.3 is 0 Å². The van der Waals surface area contributed by atoms with E-state index in [1.165, 1.54) is 89.9 Å². The summed E-state index contributed by atoms with van der Waals surface area (Å²) in [7, 11) is 0. The van der Waals surface area contributed by atoms with Gasteiger partial charge in [0.15, 0.2) is 0 Å². The van der Waals surface area contributed by atoms with Gasteiger partial charge in [-0.25, -0.2) is 0 Å². The molecule has 0 aromatic rings. The topological polar surface area (TPSA) is 69.6 Å². The molecule has 0 radical (unpaired) electrons. The molecular formula is C61H101NO3. The van der Waals surface area contributed by atoms with Gasteiger partial charge in [0.05, 0.1) is 18.8 Å². The summed E-state index contributed by atoms with van der Waals surface area (Å²) in [5.41, 5.74) is 0. The van der Waals surface area contributed by atoms with Gasteiger partial charge in [-0.3, -0.25) is 4.79 Å². The maximum Gasteiger partial charge on any atom is 0.220 e. The molecule has 0 saturated carbocycles. The second-order valence-corrected chi connectivity index (χ2v) is 17.6.